The highest BCUT2D eigenvalue weighted by Gasteiger charge is 2.24. The van der Waals surface area contributed by atoms with E-state index in [1.54, 1.807) is 13.8 Å². The number of quaternary nitrogens is 1. The molecular formula is C23H30N3O3S+. The zero-order valence-corrected chi connectivity index (χ0v) is 19.3. The monoisotopic (exact) mass is 428 g/mol. The first-order chi connectivity index (χ1) is 14.2. The molecule has 0 spiro atoms. The van der Waals surface area contributed by atoms with Gasteiger partial charge in [0.25, 0.3) is 5.56 Å². The van der Waals surface area contributed by atoms with Crippen LogP contribution in [-0.4, -0.2) is 29.6 Å². The number of rotatable bonds is 7. The van der Waals surface area contributed by atoms with Gasteiger partial charge in [-0.15, -0.1) is 11.3 Å². The summed E-state index contributed by atoms with van der Waals surface area (Å²) in [5.74, 6) is 0.734. The molecule has 0 bridgehead atoms. The molecule has 2 aromatic heterocycles. The molecule has 1 aromatic carbocycles. The molecule has 0 aliphatic carbocycles. The minimum absolute atomic E-state index is 0.0136. The van der Waals surface area contributed by atoms with Gasteiger partial charge < -0.3 is 14.6 Å². The van der Waals surface area contributed by atoms with Crippen molar-refractivity contribution in [3.8, 4) is 0 Å². The van der Waals surface area contributed by atoms with Gasteiger partial charge in [-0.25, -0.2) is 9.78 Å². The maximum atomic E-state index is 12.8. The van der Waals surface area contributed by atoms with E-state index in [1.807, 2.05) is 0 Å². The molecular weight excluding hydrogens is 398 g/mol. The van der Waals surface area contributed by atoms with Gasteiger partial charge in [0, 0.05) is 5.56 Å². The van der Waals surface area contributed by atoms with Crippen LogP contribution in [-0.2, 0) is 11.3 Å². The fraction of sp³-hybridized carbons (Fsp3) is 0.435. The second-order valence-electron chi connectivity index (χ2n) is 8.05. The summed E-state index contributed by atoms with van der Waals surface area (Å²) in [6.07, 6.45) is 0. The molecule has 0 amide bonds. The predicted molar refractivity (Wildman–Crippen MR) is 120 cm³/mol. The molecule has 0 fully saturated rings. The van der Waals surface area contributed by atoms with E-state index in [1.165, 1.54) is 27.4 Å². The molecule has 160 valence electrons. The average molecular weight is 429 g/mol. The number of nitrogens with zero attached hydrogens (tertiary/aromatic N) is 1. The van der Waals surface area contributed by atoms with Gasteiger partial charge in [-0.3, -0.25) is 4.79 Å². The number of aromatic amines is 1. The first kappa shape index (κ1) is 22.2. The first-order valence-electron chi connectivity index (χ1n) is 10.3. The smallest absolute Gasteiger partial charge is 0.348 e. The molecule has 0 radical (unpaired) electrons. The Bertz CT molecular complexity index is 1100. The molecule has 7 heteroatoms. The number of hydrogen-bond acceptors (Lipinski definition) is 5. The highest BCUT2D eigenvalue weighted by molar-refractivity contribution is 7.20. The van der Waals surface area contributed by atoms with Crippen molar-refractivity contribution >= 4 is 27.5 Å². The number of aromatic nitrogens is 2. The molecule has 2 atom stereocenters. The highest BCUT2D eigenvalue weighted by atomic mass is 32.1. The minimum Gasteiger partial charge on any atom is -0.462 e. The zero-order chi connectivity index (χ0) is 22.0. The molecule has 0 aliphatic heterocycles. The Morgan fingerprint density at radius 3 is 2.50 bits per heavy atom. The lowest BCUT2D eigenvalue weighted by Crippen LogP contribution is -3.07. The van der Waals surface area contributed by atoms with Crippen LogP contribution in [0.25, 0.3) is 10.2 Å². The average Bonchev–Trinajstić information content (AvgIpc) is 3.05. The Morgan fingerprint density at radius 1 is 1.23 bits per heavy atom. The Morgan fingerprint density at radius 2 is 1.90 bits per heavy atom. The number of nitrogens with one attached hydrogen (secondary N) is 2. The second kappa shape index (κ2) is 9.10. The summed E-state index contributed by atoms with van der Waals surface area (Å²) in [5, 5.41) is 0.473. The number of ether oxygens (including phenoxy) is 1. The number of hydrogen-bond donors (Lipinski definition) is 2. The summed E-state index contributed by atoms with van der Waals surface area (Å²) >= 11 is 1.22. The standard InChI is InChI=1S/C23H29N3O3S/c1-7-29-23(28)19-14(4)18-21(27)24-20(25-22(18)30-19)15(5)26(6)12-16-8-10-17(11-9-16)13(2)3/h8-11,13,15H,7,12H2,1-6H3,(H,24,25,27)/p+1/t15-/m0/s1. The summed E-state index contributed by atoms with van der Waals surface area (Å²) in [4.78, 5) is 34.8. The number of carbonyl (C=O) groups is 1. The Hall–Kier alpha value is -2.51. The highest BCUT2D eigenvalue weighted by Crippen LogP contribution is 2.28. The third kappa shape index (κ3) is 4.47. The molecule has 0 saturated carbocycles. The summed E-state index contributed by atoms with van der Waals surface area (Å²) in [5.41, 5.74) is 2.99. The van der Waals surface area contributed by atoms with Crippen LogP contribution in [0.3, 0.4) is 0 Å². The van der Waals surface area contributed by atoms with Gasteiger partial charge in [-0.05, 0) is 37.8 Å². The summed E-state index contributed by atoms with van der Waals surface area (Å²) in [6.45, 7) is 11.1. The quantitative estimate of drug-likeness (QED) is 0.566. The van der Waals surface area contributed by atoms with Crippen molar-refractivity contribution in [3.05, 3.63) is 62.0 Å². The molecule has 3 rings (SSSR count). The molecule has 6 nitrogen and oxygen atoms in total. The van der Waals surface area contributed by atoms with Gasteiger partial charge in [0.05, 0.1) is 19.0 Å². The van der Waals surface area contributed by atoms with Crippen molar-refractivity contribution in [1.82, 2.24) is 9.97 Å². The van der Waals surface area contributed by atoms with E-state index in [4.69, 9.17) is 9.72 Å². The summed E-state index contributed by atoms with van der Waals surface area (Å²) < 4.78 is 5.11. The maximum absolute atomic E-state index is 12.8. The molecule has 0 saturated heterocycles. The van der Waals surface area contributed by atoms with Crippen LogP contribution in [0.4, 0.5) is 0 Å². The molecule has 1 unspecified atom stereocenters. The lowest BCUT2D eigenvalue weighted by molar-refractivity contribution is -0.924. The van der Waals surface area contributed by atoms with E-state index < -0.39 is 5.97 Å². The normalized spacial score (nSPS) is 13.6. The third-order valence-corrected chi connectivity index (χ3v) is 6.72. The van der Waals surface area contributed by atoms with Crippen molar-refractivity contribution in [1.29, 1.82) is 0 Å². The number of aryl methyl sites for hydroxylation is 1. The fourth-order valence-electron chi connectivity index (χ4n) is 3.49. The topological polar surface area (TPSA) is 76.5 Å². The van der Waals surface area contributed by atoms with Crippen molar-refractivity contribution in [3.63, 3.8) is 0 Å². The van der Waals surface area contributed by atoms with Crippen LogP contribution in [0.1, 0.15) is 71.8 Å². The third-order valence-electron chi connectivity index (χ3n) is 5.56. The molecule has 30 heavy (non-hydrogen) atoms. The molecule has 3 aromatic rings. The lowest BCUT2D eigenvalue weighted by Gasteiger charge is -2.21. The van der Waals surface area contributed by atoms with E-state index >= 15 is 0 Å². The number of carbonyl (C=O) groups excluding carboxylic acids is 1. The van der Waals surface area contributed by atoms with Crippen LogP contribution >= 0.6 is 11.3 Å². The lowest BCUT2D eigenvalue weighted by atomic mass is 10.0. The SMILES string of the molecule is CCOC(=O)c1sc2nc([C@H](C)[NH+](C)Cc3ccc(C(C)C)cc3)[nH]c(=O)c2c1C. The van der Waals surface area contributed by atoms with Crippen LogP contribution in [0.15, 0.2) is 29.1 Å². The number of H-pyrrole nitrogens is 1. The molecule has 2 N–H and O–H groups in total. The Kier molecular flexibility index (Phi) is 6.73. The predicted octanol–water partition coefficient (Wildman–Crippen LogP) is 3.37. The van der Waals surface area contributed by atoms with E-state index in [-0.39, 0.29) is 11.6 Å². The first-order valence-corrected chi connectivity index (χ1v) is 11.2. The van der Waals surface area contributed by atoms with Crippen molar-refractivity contribution in [2.24, 2.45) is 0 Å². The largest absolute Gasteiger partial charge is 0.462 e. The number of benzene rings is 1. The van der Waals surface area contributed by atoms with Gasteiger partial charge in [-0.2, -0.15) is 0 Å². The van der Waals surface area contributed by atoms with Crippen LogP contribution < -0.4 is 10.5 Å². The van der Waals surface area contributed by atoms with E-state index in [0.717, 1.165) is 6.54 Å². The van der Waals surface area contributed by atoms with Crippen molar-refractivity contribution < 1.29 is 14.4 Å². The number of thiophene rings is 1. The zero-order valence-electron chi connectivity index (χ0n) is 18.5. The fourth-order valence-corrected chi connectivity index (χ4v) is 4.57. The van der Waals surface area contributed by atoms with Gasteiger partial charge in [0.1, 0.15) is 22.3 Å². The van der Waals surface area contributed by atoms with Crippen LogP contribution in [0.5, 0.6) is 0 Å². The Balaban J connectivity index is 1.86. The molecule has 0 aliphatic rings. The van der Waals surface area contributed by atoms with Gasteiger partial charge in [-0.1, -0.05) is 38.1 Å². The summed E-state index contributed by atoms with van der Waals surface area (Å²) in [6, 6.07) is 8.67. The van der Waals surface area contributed by atoms with Crippen LogP contribution in [0.2, 0.25) is 0 Å². The molecule has 2 heterocycles. The van der Waals surface area contributed by atoms with E-state index in [2.05, 4.69) is 57.1 Å². The maximum Gasteiger partial charge on any atom is 0.348 e. The van der Waals surface area contributed by atoms with Gasteiger partial charge in [0.15, 0.2) is 5.82 Å². The van der Waals surface area contributed by atoms with Crippen molar-refractivity contribution in [2.75, 3.05) is 13.7 Å². The van der Waals surface area contributed by atoms with Crippen molar-refractivity contribution in [2.45, 2.75) is 53.1 Å². The number of esters is 1. The van der Waals surface area contributed by atoms with E-state index in [9.17, 15) is 9.59 Å². The minimum atomic E-state index is -0.403. The van der Waals surface area contributed by atoms with Gasteiger partial charge in [0.2, 0.25) is 0 Å². The summed E-state index contributed by atoms with van der Waals surface area (Å²) in [7, 11) is 2.09. The van der Waals surface area contributed by atoms with Crippen LogP contribution in [0, 0.1) is 6.92 Å². The van der Waals surface area contributed by atoms with E-state index in [0.29, 0.717) is 39.0 Å². The van der Waals surface area contributed by atoms with Gasteiger partial charge >= 0.3 is 5.97 Å². The number of fused-ring (bicyclic) bond motifs is 1. The second-order valence-corrected chi connectivity index (χ2v) is 9.05. The Labute approximate surface area is 180 Å².